The lowest BCUT2D eigenvalue weighted by molar-refractivity contribution is -0.384. The molecule has 0 bridgehead atoms. The Hall–Kier alpha value is -2.22. The van der Waals surface area contributed by atoms with Gasteiger partial charge in [-0.15, -0.1) is 0 Å². The number of rotatable bonds is 6. The Morgan fingerprint density at radius 2 is 1.77 bits per heavy atom. The molecule has 0 atom stereocenters. The van der Waals surface area contributed by atoms with Gasteiger partial charge in [-0.3, -0.25) is 14.7 Å². The molecule has 1 aliphatic rings. The van der Waals surface area contributed by atoms with E-state index in [9.17, 15) is 14.7 Å². The van der Waals surface area contributed by atoms with Crippen molar-refractivity contribution in [1.82, 2.24) is 4.98 Å². The molecule has 10 heteroatoms. The van der Waals surface area contributed by atoms with Crippen molar-refractivity contribution in [2.24, 2.45) is 0 Å². The number of hydrogen-bond acceptors (Lipinski definition) is 8. The number of piperidine rings is 1. The van der Waals surface area contributed by atoms with Crippen LogP contribution < -0.4 is 10.3 Å². The first-order valence-electron chi connectivity index (χ1n) is 8.21. The van der Waals surface area contributed by atoms with E-state index in [-0.39, 0.29) is 17.0 Å². The Bertz CT molecular complexity index is 821. The van der Waals surface area contributed by atoms with E-state index in [0.29, 0.717) is 11.4 Å². The standard InChI is InChI=1S/C16H20N3O6P/c1-23-26(22,24-2)15-16(18-10-4-3-5-11-18)25-14(17-15)12-6-8-13(9-7-12)19(20)21/h6-9H,3-5,10-11H2,1-2H3. The molecule has 1 fully saturated rings. The zero-order valence-electron chi connectivity index (χ0n) is 14.6. The van der Waals surface area contributed by atoms with Gasteiger partial charge in [0.05, 0.1) is 4.92 Å². The van der Waals surface area contributed by atoms with Gasteiger partial charge in [0.1, 0.15) is 0 Å². The average molecular weight is 381 g/mol. The van der Waals surface area contributed by atoms with Gasteiger partial charge in [0.15, 0.2) is 0 Å². The molecule has 26 heavy (non-hydrogen) atoms. The van der Waals surface area contributed by atoms with Crippen LogP contribution in [0.5, 0.6) is 0 Å². The zero-order valence-corrected chi connectivity index (χ0v) is 15.5. The van der Waals surface area contributed by atoms with Crippen molar-refractivity contribution in [3.63, 3.8) is 0 Å². The van der Waals surface area contributed by atoms with Gasteiger partial charge < -0.3 is 18.4 Å². The fourth-order valence-electron chi connectivity index (χ4n) is 2.88. The van der Waals surface area contributed by atoms with Crippen LogP contribution in [0, 0.1) is 10.1 Å². The van der Waals surface area contributed by atoms with E-state index in [0.717, 1.165) is 32.4 Å². The Morgan fingerprint density at radius 1 is 1.15 bits per heavy atom. The number of anilines is 1. The fourth-order valence-corrected chi connectivity index (χ4v) is 4.01. The molecule has 0 spiro atoms. The highest BCUT2D eigenvalue weighted by Gasteiger charge is 2.36. The van der Waals surface area contributed by atoms with E-state index in [1.54, 1.807) is 0 Å². The molecule has 2 aromatic rings. The predicted molar refractivity (Wildman–Crippen MR) is 95.9 cm³/mol. The van der Waals surface area contributed by atoms with Gasteiger partial charge in [0.25, 0.3) is 5.69 Å². The summed E-state index contributed by atoms with van der Waals surface area (Å²) in [5.41, 5.74) is 0.632. The summed E-state index contributed by atoms with van der Waals surface area (Å²) < 4.78 is 29.0. The lowest BCUT2D eigenvalue weighted by Gasteiger charge is -2.27. The van der Waals surface area contributed by atoms with Crippen molar-refractivity contribution in [1.29, 1.82) is 0 Å². The van der Waals surface area contributed by atoms with E-state index in [1.807, 2.05) is 4.90 Å². The smallest absolute Gasteiger partial charge is 0.384 e. The molecule has 140 valence electrons. The third-order valence-corrected chi connectivity index (χ3v) is 6.07. The van der Waals surface area contributed by atoms with Crippen LogP contribution in [-0.4, -0.2) is 37.2 Å². The maximum atomic E-state index is 12.9. The second-order valence-electron chi connectivity index (χ2n) is 5.86. The Kier molecular flexibility index (Phi) is 5.41. The van der Waals surface area contributed by atoms with Gasteiger partial charge in [-0.05, 0) is 31.4 Å². The monoisotopic (exact) mass is 381 g/mol. The number of oxazole rings is 1. The van der Waals surface area contributed by atoms with Gasteiger partial charge >= 0.3 is 7.60 Å². The van der Waals surface area contributed by atoms with Crippen LogP contribution in [0.2, 0.25) is 0 Å². The maximum absolute atomic E-state index is 12.9. The highest BCUT2D eigenvalue weighted by Crippen LogP contribution is 2.48. The van der Waals surface area contributed by atoms with Crippen LogP contribution in [0.3, 0.4) is 0 Å². The Morgan fingerprint density at radius 3 is 2.31 bits per heavy atom. The summed E-state index contributed by atoms with van der Waals surface area (Å²) in [6.07, 6.45) is 3.12. The topological polar surface area (TPSA) is 108 Å². The lowest BCUT2D eigenvalue weighted by Crippen LogP contribution is -2.32. The Balaban J connectivity index is 2.05. The normalized spacial score (nSPS) is 15.2. The summed E-state index contributed by atoms with van der Waals surface area (Å²) >= 11 is 0. The first-order chi connectivity index (χ1) is 12.5. The van der Waals surface area contributed by atoms with Gasteiger partial charge in [-0.1, -0.05) is 0 Å². The van der Waals surface area contributed by atoms with Crippen LogP contribution in [0.15, 0.2) is 28.7 Å². The maximum Gasteiger partial charge on any atom is 0.384 e. The number of non-ortho nitro benzene ring substituents is 1. The van der Waals surface area contributed by atoms with Crippen molar-refractivity contribution in [2.45, 2.75) is 19.3 Å². The molecule has 0 aliphatic carbocycles. The van der Waals surface area contributed by atoms with Crippen LogP contribution in [-0.2, 0) is 13.6 Å². The molecule has 0 saturated carbocycles. The van der Waals surface area contributed by atoms with E-state index < -0.39 is 12.5 Å². The molecule has 0 N–H and O–H groups in total. The molecule has 1 aromatic carbocycles. The molecule has 0 amide bonds. The number of benzene rings is 1. The van der Waals surface area contributed by atoms with Gasteiger partial charge in [-0.2, -0.15) is 4.98 Å². The summed E-state index contributed by atoms with van der Waals surface area (Å²) in [6.45, 7) is 1.52. The van der Waals surface area contributed by atoms with Gasteiger partial charge in [-0.25, -0.2) is 0 Å². The van der Waals surface area contributed by atoms with Crippen molar-refractivity contribution in [3.8, 4) is 11.5 Å². The van der Waals surface area contributed by atoms with Crippen LogP contribution in [0.1, 0.15) is 19.3 Å². The van der Waals surface area contributed by atoms with E-state index in [2.05, 4.69) is 4.98 Å². The lowest BCUT2D eigenvalue weighted by atomic mass is 10.1. The number of nitro benzene ring substituents is 1. The van der Waals surface area contributed by atoms with E-state index in [4.69, 9.17) is 13.5 Å². The number of nitrogens with zero attached hydrogens (tertiary/aromatic N) is 3. The molecule has 1 saturated heterocycles. The quantitative estimate of drug-likeness (QED) is 0.426. The molecule has 1 aliphatic heterocycles. The summed E-state index contributed by atoms with van der Waals surface area (Å²) in [5, 5.41) is 10.8. The highest BCUT2D eigenvalue weighted by molar-refractivity contribution is 7.62. The van der Waals surface area contributed by atoms with Crippen molar-refractivity contribution >= 4 is 24.6 Å². The number of aromatic nitrogens is 1. The molecular formula is C16H20N3O6P. The first kappa shape index (κ1) is 18.6. The van der Waals surface area contributed by atoms with E-state index >= 15 is 0 Å². The van der Waals surface area contributed by atoms with Gasteiger partial charge in [0, 0.05) is 45.0 Å². The molecule has 0 unspecified atom stereocenters. The third-order valence-electron chi connectivity index (χ3n) is 4.30. The highest BCUT2D eigenvalue weighted by atomic mass is 31.2. The molecule has 1 aromatic heterocycles. The third kappa shape index (κ3) is 3.51. The van der Waals surface area contributed by atoms with E-state index in [1.165, 1.54) is 38.5 Å². The first-order valence-corrected chi connectivity index (χ1v) is 9.75. The SMILES string of the molecule is COP(=O)(OC)c1nc(-c2ccc([N+](=O)[O-])cc2)oc1N1CCCCC1. The minimum Gasteiger partial charge on any atom is -0.419 e. The second kappa shape index (κ2) is 7.57. The van der Waals surface area contributed by atoms with Crippen molar-refractivity contribution < 1.29 is 23.0 Å². The summed E-state index contributed by atoms with van der Waals surface area (Å²) in [6, 6.07) is 5.81. The van der Waals surface area contributed by atoms with Crippen molar-refractivity contribution in [2.75, 3.05) is 32.2 Å². The zero-order chi connectivity index (χ0) is 18.7. The van der Waals surface area contributed by atoms with Crippen LogP contribution in [0.4, 0.5) is 11.6 Å². The largest absolute Gasteiger partial charge is 0.419 e. The minimum absolute atomic E-state index is 0.0313. The van der Waals surface area contributed by atoms with Crippen molar-refractivity contribution in [3.05, 3.63) is 34.4 Å². The molecule has 9 nitrogen and oxygen atoms in total. The fraction of sp³-hybridized carbons (Fsp3) is 0.438. The van der Waals surface area contributed by atoms with Crippen LogP contribution >= 0.6 is 7.60 Å². The Labute approximate surface area is 150 Å². The minimum atomic E-state index is -3.62. The average Bonchev–Trinajstić information content (AvgIpc) is 3.14. The summed E-state index contributed by atoms with van der Waals surface area (Å²) in [4.78, 5) is 16.7. The summed E-state index contributed by atoms with van der Waals surface area (Å²) in [7, 11) is -1.03. The van der Waals surface area contributed by atoms with Crippen LogP contribution in [0.25, 0.3) is 11.5 Å². The van der Waals surface area contributed by atoms with Gasteiger partial charge in [0.2, 0.25) is 17.2 Å². The summed E-state index contributed by atoms with van der Waals surface area (Å²) in [5.74, 6) is 0.579. The second-order valence-corrected chi connectivity index (χ2v) is 8.01. The number of nitro groups is 1. The molecular weight excluding hydrogens is 361 g/mol. The molecule has 0 radical (unpaired) electrons. The number of hydrogen-bond donors (Lipinski definition) is 0. The molecule has 3 rings (SSSR count). The molecule has 2 heterocycles. The predicted octanol–water partition coefficient (Wildman–Crippen LogP) is 3.35.